The number of benzene rings is 1. The SMILES string of the molecule is Cc1cn(Cc2nc3cnc4ccccc4c3n2[C@@H]2CC[C@H](F)C2)nn1. The van der Waals surface area contributed by atoms with Crippen LogP contribution in [0.3, 0.4) is 0 Å². The van der Waals surface area contributed by atoms with Gasteiger partial charge in [0.1, 0.15) is 24.1 Å². The Hall–Kier alpha value is -2.83. The molecule has 0 bridgehead atoms. The quantitative estimate of drug-likeness (QED) is 0.566. The summed E-state index contributed by atoms with van der Waals surface area (Å²) in [6.07, 6.45) is 4.93. The number of pyridine rings is 1. The lowest BCUT2D eigenvalue weighted by molar-refractivity contribution is 0.330. The van der Waals surface area contributed by atoms with E-state index >= 15 is 0 Å². The summed E-state index contributed by atoms with van der Waals surface area (Å²) in [7, 11) is 0. The first-order valence-electron chi connectivity index (χ1n) is 8.94. The molecule has 0 amide bonds. The highest BCUT2D eigenvalue weighted by atomic mass is 19.1. The lowest BCUT2D eigenvalue weighted by Crippen LogP contribution is -2.14. The highest BCUT2D eigenvalue weighted by Gasteiger charge is 2.29. The van der Waals surface area contributed by atoms with Gasteiger partial charge in [-0.05, 0) is 32.3 Å². The van der Waals surface area contributed by atoms with Crippen molar-refractivity contribution in [3.63, 3.8) is 0 Å². The largest absolute Gasteiger partial charge is 0.323 e. The van der Waals surface area contributed by atoms with Crippen LogP contribution < -0.4 is 0 Å². The summed E-state index contributed by atoms with van der Waals surface area (Å²) < 4.78 is 18.0. The van der Waals surface area contributed by atoms with E-state index in [1.807, 2.05) is 37.5 Å². The van der Waals surface area contributed by atoms with Gasteiger partial charge in [0, 0.05) is 17.6 Å². The Morgan fingerprint density at radius 3 is 2.85 bits per heavy atom. The zero-order valence-corrected chi connectivity index (χ0v) is 14.5. The van der Waals surface area contributed by atoms with Crippen molar-refractivity contribution in [3.8, 4) is 0 Å². The first kappa shape index (κ1) is 15.4. The van der Waals surface area contributed by atoms with Crippen molar-refractivity contribution in [1.82, 2.24) is 29.5 Å². The normalized spacial score (nSPS) is 20.4. The van der Waals surface area contributed by atoms with E-state index in [9.17, 15) is 4.39 Å². The fourth-order valence-corrected chi connectivity index (χ4v) is 4.03. The zero-order chi connectivity index (χ0) is 17.7. The van der Waals surface area contributed by atoms with E-state index in [0.717, 1.165) is 39.9 Å². The van der Waals surface area contributed by atoms with Gasteiger partial charge < -0.3 is 4.57 Å². The molecule has 6 nitrogen and oxygen atoms in total. The second-order valence-corrected chi connectivity index (χ2v) is 7.03. The van der Waals surface area contributed by atoms with Gasteiger partial charge in [-0.25, -0.2) is 14.1 Å². The lowest BCUT2D eigenvalue weighted by Gasteiger charge is -2.17. The van der Waals surface area contributed by atoms with Crippen molar-refractivity contribution < 1.29 is 4.39 Å². The van der Waals surface area contributed by atoms with Crippen LogP contribution in [0.2, 0.25) is 0 Å². The number of aromatic nitrogens is 6. The molecule has 0 saturated heterocycles. The fourth-order valence-electron chi connectivity index (χ4n) is 4.03. The number of aryl methyl sites for hydroxylation is 1. The highest BCUT2D eigenvalue weighted by molar-refractivity contribution is 6.02. The summed E-state index contributed by atoms with van der Waals surface area (Å²) in [6, 6.07) is 8.16. The second-order valence-electron chi connectivity index (χ2n) is 7.03. The summed E-state index contributed by atoms with van der Waals surface area (Å²) in [6.45, 7) is 2.42. The molecule has 2 atom stereocenters. The van der Waals surface area contributed by atoms with Gasteiger partial charge in [-0.1, -0.05) is 23.4 Å². The summed E-state index contributed by atoms with van der Waals surface area (Å²) in [5, 5.41) is 9.27. The van der Waals surface area contributed by atoms with E-state index in [1.54, 1.807) is 4.68 Å². The molecule has 1 aliphatic carbocycles. The van der Waals surface area contributed by atoms with Gasteiger partial charge in [-0.2, -0.15) is 0 Å². The lowest BCUT2D eigenvalue weighted by atomic mass is 10.1. The summed E-state index contributed by atoms with van der Waals surface area (Å²) >= 11 is 0. The number of alkyl halides is 1. The molecule has 7 heteroatoms. The molecule has 0 unspecified atom stereocenters. The van der Waals surface area contributed by atoms with E-state index in [4.69, 9.17) is 4.98 Å². The van der Waals surface area contributed by atoms with Crippen LogP contribution >= 0.6 is 0 Å². The van der Waals surface area contributed by atoms with Crippen molar-refractivity contribution in [1.29, 1.82) is 0 Å². The molecule has 0 radical (unpaired) electrons. The first-order valence-corrected chi connectivity index (χ1v) is 8.94. The van der Waals surface area contributed by atoms with Gasteiger partial charge in [0.05, 0.1) is 22.9 Å². The molecule has 1 saturated carbocycles. The molecule has 4 aromatic rings. The van der Waals surface area contributed by atoms with Crippen LogP contribution in [-0.2, 0) is 6.54 Å². The van der Waals surface area contributed by atoms with Crippen molar-refractivity contribution in [3.05, 3.63) is 48.2 Å². The Labute approximate surface area is 149 Å². The Kier molecular flexibility index (Phi) is 3.48. The topological polar surface area (TPSA) is 61.4 Å². The number of hydrogen-bond donors (Lipinski definition) is 0. The summed E-state index contributed by atoms with van der Waals surface area (Å²) in [5.74, 6) is 0.877. The fraction of sp³-hybridized carbons (Fsp3) is 0.368. The van der Waals surface area contributed by atoms with E-state index in [0.29, 0.717) is 19.4 Å². The molecular formula is C19H19FN6. The number of fused-ring (bicyclic) bond motifs is 3. The molecule has 5 rings (SSSR count). The van der Waals surface area contributed by atoms with Gasteiger partial charge in [0.2, 0.25) is 0 Å². The van der Waals surface area contributed by atoms with E-state index < -0.39 is 6.17 Å². The molecule has 1 aromatic carbocycles. The van der Waals surface area contributed by atoms with E-state index in [2.05, 4.69) is 25.9 Å². The summed E-state index contributed by atoms with van der Waals surface area (Å²) in [5.41, 5.74) is 3.68. The number of rotatable bonds is 3. The van der Waals surface area contributed by atoms with Crippen LogP contribution in [0, 0.1) is 6.92 Å². The third kappa shape index (κ3) is 2.46. The first-order chi connectivity index (χ1) is 12.7. The van der Waals surface area contributed by atoms with Crippen LogP contribution in [0.25, 0.3) is 21.9 Å². The Morgan fingerprint density at radius 1 is 1.19 bits per heavy atom. The predicted octanol–water partition coefficient (Wildman–Crippen LogP) is 3.60. The smallest absolute Gasteiger partial charge is 0.132 e. The monoisotopic (exact) mass is 350 g/mol. The maximum Gasteiger partial charge on any atom is 0.132 e. The minimum atomic E-state index is -0.744. The molecule has 3 aromatic heterocycles. The minimum Gasteiger partial charge on any atom is -0.323 e. The average molecular weight is 350 g/mol. The average Bonchev–Trinajstić information content (AvgIpc) is 3.33. The predicted molar refractivity (Wildman–Crippen MR) is 96.7 cm³/mol. The molecule has 0 spiro atoms. The molecule has 1 fully saturated rings. The van der Waals surface area contributed by atoms with Gasteiger partial charge >= 0.3 is 0 Å². The maximum atomic E-state index is 14.0. The van der Waals surface area contributed by atoms with Gasteiger partial charge in [-0.15, -0.1) is 5.10 Å². The third-order valence-electron chi connectivity index (χ3n) is 5.16. The van der Waals surface area contributed by atoms with Gasteiger partial charge in [-0.3, -0.25) is 4.98 Å². The Bertz CT molecular complexity index is 1100. The minimum absolute atomic E-state index is 0.112. The van der Waals surface area contributed by atoms with Crippen LogP contribution in [0.4, 0.5) is 4.39 Å². The highest BCUT2D eigenvalue weighted by Crippen LogP contribution is 2.37. The number of halogens is 1. The molecule has 0 N–H and O–H groups in total. The van der Waals surface area contributed by atoms with Crippen LogP contribution in [-0.4, -0.2) is 35.7 Å². The Morgan fingerprint density at radius 2 is 2.08 bits per heavy atom. The number of imidazole rings is 1. The van der Waals surface area contributed by atoms with Crippen LogP contribution in [0.5, 0.6) is 0 Å². The van der Waals surface area contributed by atoms with Gasteiger partial charge in [0.15, 0.2) is 0 Å². The van der Waals surface area contributed by atoms with E-state index in [1.165, 1.54) is 0 Å². The van der Waals surface area contributed by atoms with Crippen molar-refractivity contribution in [2.75, 3.05) is 0 Å². The van der Waals surface area contributed by atoms with Crippen molar-refractivity contribution in [2.45, 2.75) is 44.9 Å². The van der Waals surface area contributed by atoms with Crippen LogP contribution in [0.1, 0.15) is 36.8 Å². The summed E-state index contributed by atoms with van der Waals surface area (Å²) in [4.78, 5) is 9.36. The standard InChI is InChI=1S/C19H19FN6/c1-12-10-25(24-23-12)11-18-22-17-9-21-16-5-3-2-4-15(16)19(17)26(18)14-7-6-13(20)8-14/h2-5,9-10,13-14H,6-8,11H2,1H3/t13-,14+/m0/s1. The van der Waals surface area contributed by atoms with Crippen molar-refractivity contribution in [2.24, 2.45) is 0 Å². The Balaban J connectivity index is 1.74. The zero-order valence-electron chi connectivity index (χ0n) is 14.5. The number of hydrogen-bond acceptors (Lipinski definition) is 4. The maximum absolute atomic E-state index is 14.0. The van der Waals surface area contributed by atoms with Gasteiger partial charge in [0.25, 0.3) is 0 Å². The van der Waals surface area contributed by atoms with Crippen molar-refractivity contribution >= 4 is 21.9 Å². The molecule has 1 aliphatic rings. The molecule has 0 aliphatic heterocycles. The molecule has 26 heavy (non-hydrogen) atoms. The van der Waals surface area contributed by atoms with Crippen LogP contribution in [0.15, 0.2) is 36.7 Å². The number of para-hydroxylation sites is 1. The molecule has 132 valence electrons. The second kappa shape index (κ2) is 5.86. The molecule has 3 heterocycles. The third-order valence-corrected chi connectivity index (χ3v) is 5.16. The molecular weight excluding hydrogens is 331 g/mol. The number of nitrogens with zero attached hydrogens (tertiary/aromatic N) is 6. The van der Waals surface area contributed by atoms with E-state index in [-0.39, 0.29) is 6.04 Å².